The van der Waals surface area contributed by atoms with E-state index in [0.29, 0.717) is 22.1 Å². The van der Waals surface area contributed by atoms with Crippen LogP contribution in [0.4, 0.5) is 0 Å². The van der Waals surface area contributed by atoms with Gasteiger partial charge in [0.2, 0.25) is 9.84 Å². The zero-order chi connectivity index (χ0) is 19.7. The molecule has 0 radical (unpaired) electrons. The second-order valence-corrected chi connectivity index (χ2v) is 8.56. The van der Waals surface area contributed by atoms with Gasteiger partial charge in [-0.2, -0.15) is 0 Å². The lowest BCUT2D eigenvalue weighted by atomic mass is 10.3. The van der Waals surface area contributed by atoms with Gasteiger partial charge in [-0.3, -0.25) is 18.3 Å². The average molecular weight is 386 g/mol. The minimum absolute atomic E-state index is 0.0940. The van der Waals surface area contributed by atoms with Crippen LogP contribution < -0.4 is 11.4 Å². The van der Waals surface area contributed by atoms with Gasteiger partial charge in [-0.15, -0.1) is 0 Å². The molecular formula is C18H18N4O4S. The third-order valence-electron chi connectivity index (χ3n) is 5.11. The molecule has 4 aromatic rings. The summed E-state index contributed by atoms with van der Waals surface area (Å²) in [4.78, 5) is 24.3. The Morgan fingerprint density at radius 1 is 0.593 bits per heavy atom. The molecule has 0 aliphatic carbocycles. The third-order valence-corrected chi connectivity index (χ3v) is 6.86. The van der Waals surface area contributed by atoms with Crippen LogP contribution in [0.2, 0.25) is 0 Å². The van der Waals surface area contributed by atoms with Gasteiger partial charge >= 0.3 is 11.4 Å². The van der Waals surface area contributed by atoms with E-state index in [-0.39, 0.29) is 21.2 Å². The van der Waals surface area contributed by atoms with Gasteiger partial charge < -0.3 is 0 Å². The van der Waals surface area contributed by atoms with Gasteiger partial charge in [-0.25, -0.2) is 18.0 Å². The summed E-state index contributed by atoms with van der Waals surface area (Å²) in [6, 6.07) is 9.23. The van der Waals surface area contributed by atoms with Crippen molar-refractivity contribution in [2.45, 2.75) is 9.79 Å². The Hall–Kier alpha value is -3.07. The van der Waals surface area contributed by atoms with E-state index in [2.05, 4.69) is 0 Å². The molecule has 0 unspecified atom stereocenters. The standard InChI is InChI=1S/C18H18N4O4S/c1-19-13-7-5-11(9-15(13)21(3)17(19)23)27(25,26)12-6-8-14-16(10-12)22(4)18(24)20(14)2/h5-10H,1-4H3. The number of sulfone groups is 1. The van der Waals surface area contributed by atoms with Gasteiger partial charge in [0.15, 0.2) is 0 Å². The number of benzene rings is 2. The summed E-state index contributed by atoms with van der Waals surface area (Å²) in [7, 11) is 2.68. The number of imidazole rings is 2. The van der Waals surface area contributed by atoms with Crippen molar-refractivity contribution in [1.29, 1.82) is 0 Å². The molecule has 9 heteroatoms. The van der Waals surface area contributed by atoms with Crippen LogP contribution in [0, 0.1) is 0 Å². The van der Waals surface area contributed by atoms with Crippen LogP contribution in [0.15, 0.2) is 55.8 Å². The molecule has 0 saturated carbocycles. The van der Waals surface area contributed by atoms with E-state index in [1.54, 1.807) is 40.3 Å². The number of aromatic nitrogens is 4. The van der Waals surface area contributed by atoms with E-state index in [1.807, 2.05) is 0 Å². The van der Waals surface area contributed by atoms with Gasteiger partial charge in [0, 0.05) is 28.2 Å². The number of nitrogens with zero attached hydrogens (tertiary/aromatic N) is 4. The van der Waals surface area contributed by atoms with Gasteiger partial charge in [0.25, 0.3) is 0 Å². The summed E-state index contributed by atoms with van der Waals surface area (Å²) in [6.45, 7) is 0. The van der Waals surface area contributed by atoms with Crippen LogP contribution in [0.25, 0.3) is 22.1 Å². The lowest BCUT2D eigenvalue weighted by molar-refractivity contribution is 0.596. The zero-order valence-electron chi connectivity index (χ0n) is 15.3. The second-order valence-electron chi connectivity index (χ2n) is 6.61. The minimum Gasteiger partial charge on any atom is -0.295 e. The van der Waals surface area contributed by atoms with Crippen molar-refractivity contribution < 1.29 is 8.42 Å². The number of hydrogen-bond acceptors (Lipinski definition) is 4. The van der Waals surface area contributed by atoms with Crippen molar-refractivity contribution in [2.24, 2.45) is 28.2 Å². The molecule has 2 heterocycles. The van der Waals surface area contributed by atoms with Gasteiger partial charge in [-0.05, 0) is 36.4 Å². The predicted molar refractivity (Wildman–Crippen MR) is 102 cm³/mol. The molecule has 4 rings (SSSR count). The minimum atomic E-state index is -3.81. The molecule has 2 aromatic carbocycles. The van der Waals surface area contributed by atoms with E-state index >= 15 is 0 Å². The summed E-state index contributed by atoms with van der Waals surface area (Å²) in [5.41, 5.74) is 1.94. The molecule has 0 spiro atoms. The van der Waals surface area contributed by atoms with E-state index in [4.69, 9.17) is 0 Å². The summed E-state index contributed by atoms with van der Waals surface area (Å²) in [5.74, 6) is 0. The van der Waals surface area contributed by atoms with Gasteiger partial charge in [0.1, 0.15) is 0 Å². The average Bonchev–Trinajstić information content (AvgIpc) is 3.02. The topological polar surface area (TPSA) is 88.0 Å². The Kier molecular flexibility index (Phi) is 3.51. The Labute approximate surface area is 154 Å². The lowest BCUT2D eigenvalue weighted by Gasteiger charge is -2.07. The SMILES string of the molecule is Cn1c(=O)n(C)c2cc(S(=O)(=O)c3ccc4c(c3)n(C)c(=O)n4C)ccc21. The van der Waals surface area contributed by atoms with E-state index in [1.165, 1.54) is 42.5 Å². The molecule has 27 heavy (non-hydrogen) atoms. The highest BCUT2D eigenvalue weighted by molar-refractivity contribution is 7.91. The van der Waals surface area contributed by atoms with Gasteiger partial charge in [-0.1, -0.05) is 0 Å². The number of hydrogen-bond donors (Lipinski definition) is 0. The van der Waals surface area contributed by atoms with Crippen molar-refractivity contribution in [3.05, 3.63) is 57.4 Å². The monoisotopic (exact) mass is 386 g/mol. The summed E-state index contributed by atoms with van der Waals surface area (Å²) in [5, 5.41) is 0. The van der Waals surface area contributed by atoms with Crippen LogP contribution in [-0.2, 0) is 38.0 Å². The number of rotatable bonds is 2. The molecule has 2 aromatic heterocycles. The van der Waals surface area contributed by atoms with E-state index in [0.717, 1.165) is 0 Å². The molecule has 0 aliphatic rings. The Morgan fingerprint density at radius 2 is 0.926 bits per heavy atom. The Morgan fingerprint density at radius 3 is 1.30 bits per heavy atom. The Bertz CT molecular complexity index is 1360. The molecule has 0 N–H and O–H groups in total. The smallest absolute Gasteiger partial charge is 0.295 e. The first-order valence-corrected chi connectivity index (χ1v) is 9.69. The maximum atomic E-state index is 13.1. The molecule has 140 valence electrons. The van der Waals surface area contributed by atoms with Crippen molar-refractivity contribution in [1.82, 2.24) is 18.3 Å². The number of aryl methyl sites for hydroxylation is 4. The number of fused-ring (bicyclic) bond motifs is 2. The first-order valence-electron chi connectivity index (χ1n) is 8.20. The fraction of sp³-hybridized carbons (Fsp3) is 0.222. The predicted octanol–water partition coefficient (Wildman–Crippen LogP) is 0.900. The molecule has 0 fully saturated rings. The molecule has 0 saturated heterocycles. The fourth-order valence-corrected chi connectivity index (χ4v) is 4.74. The highest BCUT2D eigenvalue weighted by atomic mass is 32.2. The van der Waals surface area contributed by atoms with E-state index < -0.39 is 9.84 Å². The zero-order valence-corrected chi connectivity index (χ0v) is 16.1. The van der Waals surface area contributed by atoms with E-state index in [9.17, 15) is 18.0 Å². The third kappa shape index (κ3) is 2.24. The molecular weight excluding hydrogens is 368 g/mol. The van der Waals surface area contributed by atoms with Crippen molar-refractivity contribution >= 4 is 31.9 Å². The second kappa shape index (κ2) is 5.46. The van der Waals surface area contributed by atoms with Crippen LogP contribution in [0.5, 0.6) is 0 Å². The normalized spacial score (nSPS) is 12.3. The van der Waals surface area contributed by atoms with Crippen molar-refractivity contribution in [3.63, 3.8) is 0 Å². The lowest BCUT2D eigenvalue weighted by Crippen LogP contribution is -2.19. The first-order chi connectivity index (χ1) is 12.6. The van der Waals surface area contributed by atoms with Crippen LogP contribution in [0.3, 0.4) is 0 Å². The quantitative estimate of drug-likeness (QED) is 0.512. The highest BCUT2D eigenvalue weighted by Crippen LogP contribution is 2.26. The molecule has 0 atom stereocenters. The van der Waals surface area contributed by atoms with Crippen LogP contribution in [-0.4, -0.2) is 26.7 Å². The largest absolute Gasteiger partial charge is 0.328 e. The summed E-state index contributed by atoms with van der Waals surface area (Å²) >= 11 is 0. The van der Waals surface area contributed by atoms with Gasteiger partial charge in [0.05, 0.1) is 31.9 Å². The van der Waals surface area contributed by atoms with Crippen molar-refractivity contribution in [3.8, 4) is 0 Å². The summed E-state index contributed by atoms with van der Waals surface area (Å²) < 4.78 is 32.0. The molecule has 0 aliphatic heterocycles. The Balaban J connectivity index is 1.96. The first kappa shape index (κ1) is 17.3. The van der Waals surface area contributed by atoms with Crippen LogP contribution >= 0.6 is 0 Å². The van der Waals surface area contributed by atoms with Crippen LogP contribution in [0.1, 0.15) is 0 Å². The maximum absolute atomic E-state index is 13.1. The molecule has 8 nitrogen and oxygen atoms in total. The fourth-order valence-electron chi connectivity index (χ4n) is 3.44. The highest BCUT2D eigenvalue weighted by Gasteiger charge is 2.21. The molecule has 0 amide bonds. The molecule has 0 bridgehead atoms. The maximum Gasteiger partial charge on any atom is 0.328 e. The van der Waals surface area contributed by atoms with Crippen molar-refractivity contribution in [2.75, 3.05) is 0 Å². The summed E-state index contributed by atoms with van der Waals surface area (Å²) in [6.07, 6.45) is 0.